The Kier molecular flexibility index (Phi) is 15.2. The van der Waals surface area contributed by atoms with Gasteiger partial charge in [0.25, 0.3) is 0 Å². The number of benzene rings is 4. The number of nitrogens with zero attached hydrogens (tertiary/aromatic N) is 8. The number of piperazine rings is 2. The van der Waals surface area contributed by atoms with Gasteiger partial charge in [-0.2, -0.15) is 10.5 Å². The van der Waals surface area contributed by atoms with E-state index in [1.807, 2.05) is 90.1 Å². The summed E-state index contributed by atoms with van der Waals surface area (Å²) in [7, 11) is 0. The van der Waals surface area contributed by atoms with E-state index in [0.717, 1.165) is 112 Å². The monoisotopic (exact) mass is 1060 g/mol. The molecule has 0 bridgehead atoms. The summed E-state index contributed by atoms with van der Waals surface area (Å²) in [4.78, 5) is 54.1. The molecule has 4 aliphatic rings. The Morgan fingerprint density at radius 2 is 0.947 bits per heavy atom. The van der Waals surface area contributed by atoms with E-state index in [4.69, 9.17) is 43.2 Å². The number of rotatable bonds is 12. The smallest absolute Gasteiger partial charge is 0.419 e. The number of nitrogens with one attached hydrogen (secondary N) is 2. The van der Waals surface area contributed by atoms with Crippen LogP contribution < -0.4 is 10.6 Å². The van der Waals surface area contributed by atoms with E-state index in [-0.39, 0.29) is 5.78 Å². The van der Waals surface area contributed by atoms with Crippen LogP contribution in [0.1, 0.15) is 99.8 Å². The van der Waals surface area contributed by atoms with Gasteiger partial charge in [0.2, 0.25) is 0 Å². The summed E-state index contributed by atoms with van der Waals surface area (Å²) in [5, 5.41) is 27.9. The lowest BCUT2D eigenvalue weighted by molar-refractivity contribution is -0.123. The van der Waals surface area contributed by atoms with Gasteiger partial charge in [0, 0.05) is 136 Å². The standard InChI is InChI=1S/C59H66Cl2N10O5/c1-58(2,3)75-56(73)70-47-15-9-37(35-68-25-21-66(22-26-68)19-7-17-62)29-39(47)31-49(70)41-11-13-45(60)43-33-64-53(51(41)43)55(72)54-52-42(12-14-46(61)44(52)34-65-54)50-32-40-30-38(36-69-27-23-67(24-28-69)20-8-18-63)10-16-48(40)71(50)57(74)76-59(4,5)6/h9-16,29-32,53-54,64-65H,7-8,19-28,33-36H2,1-6H3. The lowest BCUT2D eigenvalue weighted by atomic mass is 9.87. The number of hydrogen-bond acceptors (Lipinski definition) is 13. The van der Waals surface area contributed by atoms with Crippen molar-refractivity contribution >= 4 is 63.0 Å². The molecule has 2 unspecified atom stereocenters. The number of halogens is 2. The van der Waals surface area contributed by atoms with Crippen molar-refractivity contribution in [1.29, 1.82) is 10.5 Å². The Bertz CT molecular complexity index is 3100. The van der Waals surface area contributed by atoms with Gasteiger partial charge in [0.05, 0.1) is 46.6 Å². The minimum atomic E-state index is -0.862. The predicted molar refractivity (Wildman–Crippen MR) is 296 cm³/mol. The number of aromatic nitrogens is 2. The van der Waals surface area contributed by atoms with Crippen LogP contribution in [-0.2, 0) is 40.4 Å². The summed E-state index contributed by atoms with van der Waals surface area (Å²) < 4.78 is 15.4. The molecule has 0 aliphatic carbocycles. The van der Waals surface area contributed by atoms with E-state index in [9.17, 15) is 9.59 Å². The van der Waals surface area contributed by atoms with Crippen molar-refractivity contribution < 1.29 is 23.9 Å². The molecule has 0 amide bonds. The molecule has 76 heavy (non-hydrogen) atoms. The molecule has 4 aromatic carbocycles. The molecule has 2 atom stereocenters. The largest absolute Gasteiger partial charge is 0.443 e. The molecule has 0 radical (unpaired) electrons. The van der Waals surface area contributed by atoms with Crippen LogP contribution >= 0.6 is 23.2 Å². The maximum atomic E-state index is 15.7. The first-order chi connectivity index (χ1) is 36.4. The fourth-order valence-corrected chi connectivity index (χ4v) is 11.9. The van der Waals surface area contributed by atoms with Crippen LogP contribution in [0, 0.1) is 22.7 Å². The molecule has 15 nitrogen and oxygen atoms in total. The fraction of sp³-hybridized carbons (Fsp3) is 0.441. The highest BCUT2D eigenvalue weighted by molar-refractivity contribution is 6.32. The molecule has 2 N–H and O–H groups in total. The minimum Gasteiger partial charge on any atom is -0.443 e. The van der Waals surface area contributed by atoms with Gasteiger partial charge in [0.15, 0.2) is 5.78 Å². The van der Waals surface area contributed by atoms with E-state index in [2.05, 4.69) is 66.6 Å². The number of nitriles is 2. The summed E-state index contributed by atoms with van der Waals surface area (Å²) >= 11 is 14.1. The Morgan fingerprint density at radius 1 is 0.566 bits per heavy atom. The van der Waals surface area contributed by atoms with Crippen molar-refractivity contribution in [2.45, 2.75) is 104 Å². The second kappa shape index (κ2) is 21.7. The summed E-state index contributed by atoms with van der Waals surface area (Å²) in [5.74, 6) is -0.172. The second-order valence-corrected chi connectivity index (χ2v) is 23.3. The van der Waals surface area contributed by atoms with Crippen molar-refractivity contribution in [1.82, 2.24) is 39.4 Å². The molecule has 2 aromatic heterocycles. The molecule has 4 aliphatic heterocycles. The topological polar surface area (TPSA) is 164 Å². The number of ketones is 1. The Labute approximate surface area is 454 Å². The molecule has 0 saturated carbocycles. The summed E-state index contributed by atoms with van der Waals surface area (Å²) in [6.45, 7) is 21.9. The van der Waals surface area contributed by atoms with E-state index < -0.39 is 35.5 Å². The molecule has 2 fully saturated rings. The molecular weight excluding hydrogens is 1000 g/mol. The maximum Gasteiger partial charge on any atom is 0.419 e. The van der Waals surface area contributed by atoms with Crippen molar-refractivity contribution in [3.05, 3.63) is 116 Å². The van der Waals surface area contributed by atoms with Crippen LogP contribution in [0.5, 0.6) is 0 Å². The quantitative estimate of drug-likeness (QED) is 0.119. The van der Waals surface area contributed by atoms with Gasteiger partial charge < -0.3 is 9.47 Å². The fourth-order valence-electron chi connectivity index (χ4n) is 11.4. The third kappa shape index (κ3) is 11.0. The average molecular weight is 1070 g/mol. The SMILES string of the molecule is CC(C)(C)OC(=O)n1c(-c2ccc(Cl)c3c2C(C(=O)C2NCc4c(Cl)ccc(-c5cc6cc(CN7CCN(CCC#N)CC7)ccc6n5C(=O)OC(C)(C)C)c42)NC3)cc2cc(CN3CCN(CCC#N)CC3)ccc21. The highest BCUT2D eigenvalue weighted by Crippen LogP contribution is 2.47. The molecule has 396 valence electrons. The van der Waals surface area contributed by atoms with Crippen LogP contribution in [0.15, 0.2) is 72.8 Å². The normalized spacial score (nSPS) is 18.7. The van der Waals surface area contributed by atoms with E-state index in [1.54, 1.807) is 9.13 Å². The third-order valence-electron chi connectivity index (χ3n) is 15.0. The molecule has 6 heterocycles. The number of ether oxygens (including phenoxy) is 2. The summed E-state index contributed by atoms with van der Waals surface area (Å²) in [6, 6.07) is 26.5. The van der Waals surface area contributed by atoms with Crippen LogP contribution in [-0.4, -0.2) is 123 Å². The zero-order chi connectivity index (χ0) is 53.6. The molecule has 10 rings (SSSR count). The van der Waals surface area contributed by atoms with Crippen molar-refractivity contribution in [3.8, 4) is 34.7 Å². The molecule has 17 heteroatoms. The summed E-state index contributed by atoms with van der Waals surface area (Å²) in [6.07, 6.45) is -0.0365. The lowest BCUT2D eigenvalue weighted by Crippen LogP contribution is -2.46. The maximum absolute atomic E-state index is 15.7. The number of Topliss-reactive ketones (excluding diaryl/α,β-unsaturated/α-hetero) is 1. The Balaban J connectivity index is 1.01. The van der Waals surface area contributed by atoms with Crippen LogP contribution in [0.2, 0.25) is 10.0 Å². The first-order valence-corrected chi connectivity index (χ1v) is 27.2. The van der Waals surface area contributed by atoms with E-state index >= 15 is 4.79 Å². The molecule has 0 spiro atoms. The van der Waals surface area contributed by atoms with Gasteiger partial charge in [0.1, 0.15) is 11.2 Å². The van der Waals surface area contributed by atoms with Crippen LogP contribution in [0.25, 0.3) is 44.3 Å². The van der Waals surface area contributed by atoms with Crippen LogP contribution in [0.4, 0.5) is 9.59 Å². The van der Waals surface area contributed by atoms with Gasteiger partial charge in [-0.3, -0.25) is 35.0 Å². The number of fused-ring (bicyclic) bond motifs is 4. The highest BCUT2D eigenvalue weighted by Gasteiger charge is 2.42. The lowest BCUT2D eigenvalue weighted by Gasteiger charge is -2.34. The Morgan fingerprint density at radius 3 is 1.32 bits per heavy atom. The minimum absolute atomic E-state index is 0.172. The zero-order valence-electron chi connectivity index (χ0n) is 44.3. The van der Waals surface area contributed by atoms with Gasteiger partial charge >= 0.3 is 12.2 Å². The second-order valence-electron chi connectivity index (χ2n) is 22.5. The Hall–Kier alpha value is -6.11. The van der Waals surface area contributed by atoms with Gasteiger partial charge in [-0.1, -0.05) is 47.5 Å². The van der Waals surface area contributed by atoms with Crippen LogP contribution in [0.3, 0.4) is 0 Å². The molecule has 2 saturated heterocycles. The zero-order valence-corrected chi connectivity index (χ0v) is 45.8. The third-order valence-corrected chi connectivity index (χ3v) is 15.7. The van der Waals surface area contributed by atoms with Gasteiger partial charge in [-0.15, -0.1) is 0 Å². The first-order valence-electron chi connectivity index (χ1n) is 26.4. The van der Waals surface area contributed by atoms with Crippen molar-refractivity contribution in [2.75, 3.05) is 65.4 Å². The average Bonchev–Trinajstić information content (AvgIpc) is 4.20. The molecular formula is C59H66Cl2N10O5. The predicted octanol–water partition coefficient (Wildman–Crippen LogP) is 10.4. The van der Waals surface area contributed by atoms with Gasteiger partial charge in [-0.05, 0) is 123 Å². The van der Waals surface area contributed by atoms with E-state index in [1.165, 1.54) is 0 Å². The first kappa shape index (κ1) is 53.3. The number of carbonyl (C=O) groups is 3. The summed E-state index contributed by atoms with van der Waals surface area (Å²) in [5.41, 5.74) is 7.35. The number of hydrogen-bond donors (Lipinski definition) is 2. The van der Waals surface area contributed by atoms with Crippen molar-refractivity contribution in [2.24, 2.45) is 0 Å². The van der Waals surface area contributed by atoms with Gasteiger partial charge in [-0.25, -0.2) is 18.7 Å². The number of carbonyl (C=O) groups excluding carboxylic acids is 3. The molecule has 6 aromatic rings. The van der Waals surface area contributed by atoms with E-state index in [0.29, 0.717) is 80.7 Å². The highest BCUT2D eigenvalue weighted by atomic mass is 35.5. The van der Waals surface area contributed by atoms with Crippen molar-refractivity contribution in [3.63, 3.8) is 0 Å².